The summed E-state index contributed by atoms with van der Waals surface area (Å²) in [5, 5.41) is 5.64. The number of aryl methyl sites for hydroxylation is 1. The molecule has 118 valence electrons. The molecule has 23 heavy (non-hydrogen) atoms. The maximum atomic E-state index is 12.2. The number of furan rings is 1. The second-order valence-electron chi connectivity index (χ2n) is 4.98. The van der Waals surface area contributed by atoms with Gasteiger partial charge in [-0.15, -0.1) is 23.1 Å². The molecular formula is C17H16N2O2S2. The molecule has 3 rings (SSSR count). The molecule has 0 unspecified atom stereocenters. The molecule has 0 saturated carbocycles. The van der Waals surface area contributed by atoms with Crippen molar-refractivity contribution in [2.24, 2.45) is 0 Å². The lowest BCUT2D eigenvalue weighted by Gasteiger charge is -2.08. The van der Waals surface area contributed by atoms with Crippen molar-refractivity contribution >= 4 is 34.7 Å². The third-order valence-electron chi connectivity index (χ3n) is 3.23. The molecule has 0 spiro atoms. The van der Waals surface area contributed by atoms with Gasteiger partial charge in [0.15, 0.2) is 10.8 Å². The van der Waals surface area contributed by atoms with E-state index in [-0.39, 0.29) is 12.3 Å². The number of hydrogen-bond donors (Lipinski definition) is 1. The first kappa shape index (κ1) is 15.8. The molecule has 0 bridgehead atoms. The molecule has 1 aromatic carbocycles. The van der Waals surface area contributed by atoms with Crippen molar-refractivity contribution < 1.29 is 9.21 Å². The summed E-state index contributed by atoms with van der Waals surface area (Å²) >= 11 is 3.09. The summed E-state index contributed by atoms with van der Waals surface area (Å²) in [5.74, 6) is 1.52. The van der Waals surface area contributed by atoms with Crippen molar-refractivity contribution in [2.75, 3.05) is 11.6 Å². The molecule has 0 radical (unpaired) electrons. The highest BCUT2D eigenvalue weighted by Gasteiger charge is 2.12. The second kappa shape index (κ2) is 7.02. The largest absolute Gasteiger partial charge is 0.459 e. The van der Waals surface area contributed by atoms with Crippen molar-refractivity contribution in [3.05, 3.63) is 53.2 Å². The topological polar surface area (TPSA) is 55.1 Å². The SMILES string of the molecule is CSc1ccccc1NC(=O)Cc1csc(-c2ccc(C)o2)n1. The number of thioether (sulfide) groups is 1. The minimum absolute atomic E-state index is 0.0704. The van der Waals surface area contributed by atoms with Gasteiger partial charge in [-0.3, -0.25) is 4.79 Å². The second-order valence-corrected chi connectivity index (χ2v) is 6.69. The van der Waals surface area contributed by atoms with E-state index >= 15 is 0 Å². The van der Waals surface area contributed by atoms with Gasteiger partial charge in [0, 0.05) is 10.3 Å². The number of hydrogen-bond acceptors (Lipinski definition) is 5. The fourth-order valence-corrected chi connectivity index (χ4v) is 3.49. The molecule has 6 heteroatoms. The Morgan fingerprint density at radius 1 is 1.30 bits per heavy atom. The van der Waals surface area contributed by atoms with Crippen LogP contribution in [-0.2, 0) is 11.2 Å². The third-order valence-corrected chi connectivity index (χ3v) is 4.93. The monoisotopic (exact) mass is 344 g/mol. The predicted octanol–water partition coefficient (Wildman–Crippen LogP) is 4.61. The Morgan fingerprint density at radius 3 is 2.87 bits per heavy atom. The molecular weight excluding hydrogens is 328 g/mol. The van der Waals surface area contributed by atoms with Gasteiger partial charge in [0.1, 0.15) is 5.76 Å². The van der Waals surface area contributed by atoms with E-state index in [4.69, 9.17) is 4.42 Å². The Balaban J connectivity index is 1.68. The standard InChI is InChI=1S/C17H16N2O2S2/c1-11-7-8-14(21-11)17-18-12(10-23-17)9-16(20)19-13-5-3-4-6-15(13)22-2/h3-8,10H,9H2,1-2H3,(H,19,20). The molecule has 2 aromatic heterocycles. The van der Waals surface area contributed by atoms with Crippen LogP contribution in [-0.4, -0.2) is 17.1 Å². The number of nitrogens with one attached hydrogen (secondary N) is 1. The lowest BCUT2D eigenvalue weighted by atomic mass is 10.3. The van der Waals surface area contributed by atoms with Crippen LogP contribution in [0.2, 0.25) is 0 Å². The average molecular weight is 344 g/mol. The normalized spacial score (nSPS) is 10.7. The van der Waals surface area contributed by atoms with E-state index in [0.29, 0.717) is 0 Å². The quantitative estimate of drug-likeness (QED) is 0.687. The summed E-state index contributed by atoms with van der Waals surface area (Å²) in [4.78, 5) is 17.7. The van der Waals surface area contributed by atoms with Gasteiger partial charge in [0.2, 0.25) is 5.91 Å². The molecule has 0 aliphatic rings. The fraction of sp³-hybridized carbons (Fsp3) is 0.176. The lowest BCUT2D eigenvalue weighted by molar-refractivity contribution is -0.115. The Labute approximate surface area is 142 Å². The molecule has 0 fully saturated rings. The number of nitrogens with zero attached hydrogens (tertiary/aromatic N) is 1. The first-order valence-electron chi connectivity index (χ1n) is 7.10. The summed E-state index contributed by atoms with van der Waals surface area (Å²) in [6.07, 6.45) is 2.24. The molecule has 0 aliphatic heterocycles. The summed E-state index contributed by atoms with van der Waals surface area (Å²) in [6, 6.07) is 11.6. The number of carbonyl (C=O) groups excluding carboxylic acids is 1. The minimum Gasteiger partial charge on any atom is -0.459 e. The third kappa shape index (κ3) is 3.83. The molecule has 0 aliphatic carbocycles. The number of carbonyl (C=O) groups is 1. The fourth-order valence-electron chi connectivity index (χ4n) is 2.16. The van der Waals surface area contributed by atoms with Crippen LogP contribution in [0.3, 0.4) is 0 Å². The van der Waals surface area contributed by atoms with E-state index < -0.39 is 0 Å². The van der Waals surface area contributed by atoms with Crippen molar-refractivity contribution in [3.63, 3.8) is 0 Å². The van der Waals surface area contributed by atoms with Crippen LogP contribution in [0.25, 0.3) is 10.8 Å². The molecule has 4 nitrogen and oxygen atoms in total. The van der Waals surface area contributed by atoms with Gasteiger partial charge in [-0.2, -0.15) is 0 Å². The van der Waals surface area contributed by atoms with Crippen LogP contribution in [0, 0.1) is 6.92 Å². The van der Waals surface area contributed by atoms with Crippen molar-refractivity contribution in [3.8, 4) is 10.8 Å². The molecule has 2 heterocycles. The number of aromatic nitrogens is 1. The van der Waals surface area contributed by atoms with Gasteiger partial charge in [0.25, 0.3) is 0 Å². The van der Waals surface area contributed by atoms with E-state index in [1.165, 1.54) is 11.3 Å². The van der Waals surface area contributed by atoms with E-state index in [1.54, 1.807) is 11.8 Å². The summed E-state index contributed by atoms with van der Waals surface area (Å²) in [6.45, 7) is 1.90. The zero-order chi connectivity index (χ0) is 16.2. The van der Waals surface area contributed by atoms with Crippen molar-refractivity contribution in [1.29, 1.82) is 0 Å². The Kier molecular flexibility index (Phi) is 4.83. The van der Waals surface area contributed by atoms with Crippen LogP contribution in [0.4, 0.5) is 5.69 Å². The molecule has 3 aromatic rings. The Morgan fingerprint density at radius 2 is 2.13 bits per heavy atom. The first-order valence-corrected chi connectivity index (χ1v) is 9.20. The van der Waals surface area contributed by atoms with Gasteiger partial charge in [-0.05, 0) is 37.4 Å². The highest BCUT2D eigenvalue weighted by atomic mass is 32.2. The lowest BCUT2D eigenvalue weighted by Crippen LogP contribution is -2.15. The number of amides is 1. The van der Waals surface area contributed by atoms with E-state index in [1.807, 2.05) is 55.0 Å². The Hall–Kier alpha value is -2.05. The summed E-state index contributed by atoms with van der Waals surface area (Å²) < 4.78 is 5.56. The molecule has 0 saturated heterocycles. The number of benzene rings is 1. The minimum atomic E-state index is -0.0704. The smallest absolute Gasteiger partial charge is 0.230 e. The number of para-hydroxylation sites is 1. The number of rotatable bonds is 5. The molecule has 0 atom stereocenters. The van der Waals surface area contributed by atoms with E-state index in [9.17, 15) is 4.79 Å². The highest BCUT2D eigenvalue weighted by molar-refractivity contribution is 7.98. The molecule has 1 amide bonds. The van der Waals surface area contributed by atoms with Gasteiger partial charge in [-0.25, -0.2) is 4.98 Å². The maximum absolute atomic E-state index is 12.2. The first-order chi connectivity index (χ1) is 11.2. The Bertz CT molecular complexity index is 823. The predicted molar refractivity (Wildman–Crippen MR) is 95.1 cm³/mol. The van der Waals surface area contributed by atoms with Crippen molar-refractivity contribution in [1.82, 2.24) is 4.98 Å². The zero-order valence-corrected chi connectivity index (χ0v) is 14.5. The van der Waals surface area contributed by atoms with Gasteiger partial charge in [0.05, 0.1) is 17.8 Å². The van der Waals surface area contributed by atoms with Crippen LogP contribution in [0.15, 0.2) is 51.1 Å². The van der Waals surface area contributed by atoms with Crippen LogP contribution in [0.5, 0.6) is 0 Å². The van der Waals surface area contributed by atoms with Gasteiger partial charge in [-0.1, -0.05) is 12.1 Å². The maximum Gasteiger partial charge on any atom is 0.230 e. The van der Waals surface area contributed by atoms with Crippen molar-refractivity contribution in [2.45, 2.75) is 18.2 Å². The zero-order valence-electron chi connectivity index (χ0n) is 12.8. The van der Waals surface area contributed by atoms with Crippen LogP contribution >= 0.6 is 23.1 Å². The van der Waals surface area contributed by atoms with Crippen LogP contribution in [0.1, 0.15) is 11.5 Å². The number of thiazole rings is 1. The number of anilines is 1. The summed E-state index contributed by atoms with van der Waals surface area (Å²) in [7, 11) is 0. The summed E-state index contributed by atoms with van der Waals surface area (Å²) in [5.41, 5.74) is 1.58. The highest BCUT2D eigenvalue weighted by Crippen LogP contribution is 2.27. The van der Waals surface area contributed by atoms with E-state index in [2.05, 4.69) is 10.3 Å². The van der Waals surface area contributed by atoms with E-state index in [0.717, 1.165) is 32.8 Å². The van der Waals surface area contributed by atoms with Gasteiger partial charge < -0.3 is 9.73 Å². The van der Waals surface area contributed by atoms with Gasteiger partial charge >= 0.3 is 0 Å². The van der Waals surface area contributed by atoms with Crippen LogP contribution < -0.4 is 5.32 Å². The average Bonchev–Trinajstić information content (AvgIpc) is 3.16. The molecule has 1 N–H and O–H groups in total.